The van der Waals surface area contributed by atoms with Gasteiger partial charge in [0.15, 0.2) is 0 Å². The third-order valence-corrected chi connectivity index (χ3v) is 7.56. The van der Waals surface area contributed by atoms with Gasteiger partial charge in [-0.05, 0) is 36.1 Å². The number of hydrogen-bond donors (Lipinski definition) is 1. The van der Waals surface area contributed by atoms with Crippen LogP contribution in [0.3, 0.4) is 0 Å². The fourth-order valence-electron chi connectivity index (χ4n) is 4.58. The number of benzene rings is 2. The minimum atomic E-state index is -0.427. The smallest absolute Gasteiger partial charge is 0.141 e. The van der Waals surface area contributed by atoms with Crippen LogP contribution in [0.15, 0.2) is 72.1 Å². The van der Waals surface area contributed by atoms with E-state index in [1.165, 1.54) is 11.1 Å². The van der Waals surface area contributed by atoms with E-state index in [4.69, 9.17) is 20.2 Å². The summed E-state index contributed by atoms with van der Waals surface area (Å²) in [6, 6.07) is 18.5. The molecular formula is C26H32N4O2S. The van der Waals surface area contributed by atoms with Crippen LogP contribution < -0.4 is 10.5 Å². The molecule has 6 nitrogen and oxygen atoms in total. The fourth-order valence-corrected chi connectivity index (χ4v) is 5.79. The molecule has 0 amide bonds. The molecule has 0 aliphatic heterocycles. The minimum Gasteiger partial charge on any atom is -0.497 e. The number of aliphatic imine (C=N–C) groups is 1. The number of nitrogens with zero attached hydrogens (tertiary/aromatic N) is 3. The zero-order valence-electron chi connectivity index (χ0n) is 19.3. The number of aromatic nitrogens is 2. The van der Waals surface area contributed by atoms with Crippen LogP contribution in [0.4, 0.5) is 5.82 Å². The lowest BCUT2D eigenvalue weighted by Gasteiger charge is -2.45. The highest BCUT2D eigenvalue weighted by atomic mass is 32.2. The molecule has 2 N–H and O–H groups in total. The summed E-state index contributed by atoms with van der Waals surface area (Å²) in [5.74, 6) is 2.19. The fraction of sp³-hybridized carbons (Fsp3) is 0.385. The third-order valence-electron chi connectivity index (χ3n) is 6.27. The number of nitrogen functional groups attached to an aromatic ring is 1. The van der Waals surface area contributed by atoms with Crippen LogP contribution in [0.2, 0.25) is 0 Å². The second kappa shape index (κ2) is 10.9. The summed E-state index contributed by atoms with van der Waals surface area (Å²) in [6.07, 6.45) is 7.86. The van der Waals surface area contributed by atoms with Crippen molar-refractivity contribution in [1.82, 2.24) is 9.55 Å². The lowest BCUT2D eigenvalue weighted by molar-refractivity contribution is -0.0382. The van der Waals surface area contributed by atoms with Crippen LogP contribution >= 0.6 is 11.8 Å². The van der Waals surface area contributed by atoms with E-state index < -0.39 is 5.54 Å². The van der Waals surface area contributed by atoms with Gasteiger partial charge in [0.05, 0.1) is 31.2 Å². The number of rotatable bonds is 8. The van der Waals surface area contributed by atoms with Gasteiger partial charge in [-0.3, -0.25) is 4.99 Å². The number of nitrogens with two attached hydrogens (primary N) is 1. The Kier molecular flexibility index (Phi) is 7.73. The number of ether oxygens (including phenoxy) is 2. The average molecular weight is 465 g/mol. The normalized spacial score (nSPS) is 21.2. The van der Waals surface area contributed by atoms with Crippen molar-refractivity contribution in [2.45, 2.75) is 49.7 Å². The molecule has 1 fully saturated rings. The van der Waals surface area contributed by atoms with Gasteiger partial charge < -0.3 is 19.8 Å². The summed E-state index contributed by atoms with van der Waals surface area (Å²) in [5, 5.41) is 1.05. The first-order valence-corrected chi connectivity index (χ1v) is 12.3. The van der Waals surface area contributed by atoms with E-state index in [1.807, 2.05) is 49.9 Å². The van der Waals surface area contributed by atoms with Gasteiger partial charge in [-0.15, -0.1) is 11.8 Å². The van der Waals surface area contributed by atoms with Gasteiger partial charge >= 0.3 is 0 Å². The molecule has 7 heteroatoms. The molecule has 0 radical (unpaired) electrons. The van der Waals surface area contributed by atoms with E-state index in [9.17, 15) is 0 Å². The molecule has 3 aromatic rings. The van der Waals surface area contributed by atoms with Gasteiger partial charge in [-0.1, -0.05) is 55.3 Å². The first kappa shape index (κ1) is 23.4. The molecule has 0 spiro atoms. The highest BCUT2D eigenvalue weighted by Gasteiger charge is 2.47. The van der Waals surface area contributed by atoms with Gasteiger partial charge in [-0.2, -0.15) is 0 Å². The zero-order valence-corrected chi connectivity index (χ0v) is 20.1. The van der Waals surface area contributed by atoms with Crippen molar-refractivity contribution in [2.75, 3.05) is 19.9 Å². The van der Waals surface area contributed by atoms with Crippen LogP contribution in [0.1, 0.15) is 36.8 Å². The number of imidazole rings is 1. The van der Waals surface area contributed by atoms with Crippen LogP contribution in [0.5, 0.6) is 5.75 Å². The predicted molar refractivity (Wildman–Crippen MR) is 136 cm³/mol. The largest absolute Gasteiger partial charge is 0.497 e. The van der Waals surface area contributed by atoms with E-state index >= 15 is 0 Å². The summed E-state index contributed by atoms with van der Waals surface area (Å²) in [4.78, 5) is 9.16. The Hall–Kier alpha value is -2.77. The molecule has 1 saturated carbocycles. The number of hydrogen-bond acceptors (Lipinski definition) is 6. The Balaban J connectivity index is 1.62. The third kappa shape index (κ3) is 5.25. The van der Waals surface area contributed by atoms with Crippen LogP contribution in [0.25, 0.3) is 0 Å². The zero-order chi connectivity index (χ0) is 23.1. The maximum atomic E-state index is 6.61. The molecule has 4 rings (SSSR count). The number of thioether (sulfide) groups is 1. The molecule has 1 aliphatic carbocycles. The molecule has 2 unspecified atom stereocenters. The van der Waals surface area contributed by atoms with Gasteiger partial charge in [0.25, 0.3) is 0 Å². The second-order valence-corrected chi connectivity index (χ2v) is 9.29. The number of methoxy groups -OCH3 is 1. The summed E-state index contributed by atoms with van der Waals surface area (Å²) in [6.45, 7) is 0.567. The van der Waals surface area contributed by atoms with E-state index in [1.54, 1.807) is 18.9 Å². The summed E-state index contributed by atoms with van der Waals surface area (Å²) in [5.41, 5.74) is 8.02. The average Bonchev–Trinajstić information content (AvgIpc) is 3.31. The maximum absolute atomic E-state index is 6.61. The van der Waals surface area contributed by atoms with E-state index in [0.717, 1.165) is 42.2 Å². The van der Waals surface area contributed by atoms with Gasteiger partial charge in [0.2, 0.25) is 0 Å². The van der Waals surface area contributed by atoms with Gasteiger partial charge in [-0.25, -0.2) is 4.98 Å². The summed E-state index contributed by atoms with van der Waals surface area (Å²) < 4.78 is 14.0. The Bertz CT molecular complexity index is 1050. The van der Waals surface area contributed by atoms with Crippen molar-refractivity contribution >= 4 is 22.6 Å². The molecular weight excluding hydrogens is 432 g/mol. The van der Waals surface area contributed by atoms with E-state index in [2.05, 4.69) is 33.8 Å². The maximum Gasteiger partial charge on any atom is 0.141 e. The monoisotopic (exact) mass is 464 g/mol. The summed E-state index contributed by atoms with van der Waals surface area (Å²) >= 11 is 1.76. The van der Waals surface area contributed by atoms with Crippen molar-refractivity contribution in [2.24, 2.45) is 4.99 Å². The Labute approximate surface area is 200 Å². The molecule has 0 saturated heterocycles. The lowest BCUT2D eigenvalue weighted by atomic mass is 9.79. The molecule has 33 heavy (non-hydrogen) atoms. The van der Waals surface area contributed by atoms with Gasteiger partial charge in [0.1, 0.15) is 17.1 Å². The van der Waals surface area contributed by atoms with Crippen molar-refractivity contribution in [1.29, 1.82) is 0 Å². The number of anilines is 1. The Morgan fingerprint density at radius 2 is 1.94 bits per heavy atom. The lowest BCUT2D eigenvalue weighted by Crippen LogP contribution is -2.53. The highest BCUT2D eigenvalue weighted by Crippen LogP contribution is 2.43. The molecule has 0 bridgehead atoms. The Morgan fingerprint density at radius 3 is 2.61 bits per heavy atom. The molecule has 1 heterocycles. The van der Waals surface area contributed by atoms with Gasteiger partial charge in [0, 0.05) is 19.0 Å². The Morgan fingerprint density at radius 1 is 1.15 bits per heavy atom. The molecule has 174 valence electrons. The van der Waals surface area contributed by atoms with Crippen LogP contribution in [0, 0.1) is 0 Å². The SMILES string of the molecule is CN=C(SCc1ccc(OC)cc1)C1(n2cnc(N)c2)CCCCC1OCc1ccccc1. The molecule has 2 atom stereocenters. The first-order chi connectivity index (χ1) is 16.2. The van der Waals surface area contributed by atoms with Crippen molar-refractivity contribution < 1.29 is 9.47 Å². The van der Waals surface area contributed by atoms with E-state index in [0.29, 0.717) is 12.4 Å². The molecule has 1 aliphatic rings. The first-order valence-electron chi connectivity index (χ1n) is 11.3. The summed E-state index contributed by atoms with van der Waals surface area (Å²) in [7, 11) is 3.56. The molecule has 2 aromatic carbocycles. The topological polar surface area (TPSA) is 74.7 Å². The van der Waals surface area contributed by atoms with Crippen LogP contribution in [-0.2, 0) is 22.6 Å². The van der Waals surface area contributed by atoms with E-state index in [-0.39, 0.29) is 6.10 Å². The second-order valence-electron chi connectivity index (χ2n) is 8.33. The quantitative estimate of drug-likeness (QED) is 0.362. The minimum absolute atomic E-state index is 0.0258. The predicted octanol–water partition coefficient (Wildman–Crippen LogP) is 5.29. The van der Waals surface area contributed by atoms with Crippen molar-refractivity contribution in [3.8, 4) is 5.75 Å². The van der Waals surface area contributed by atoms with Crippen LogP contribution in [-0.4, -0.2) is 34.9 Å². The molecule has 1 aromatic heterocycles. The van der Waals surface area contributed by atoms with Crippen molar-refractivity contribution in [3.63, 3.8) is 0 Å². The van der Waals surface area contributed by atoms with Crippen molar-refractivity contribution in [3.05, 3.63) is 78.2 Å². The highest BCUT2D eigenvalue weighted by molar-refractivity contribution is 8.13. The standard InChI is InChI=1S/C26H32N4O2S/c1-28-25(33-18-21-11-13-22(31-2)14-12-21)26(30-16-24(27)29-19-30)15-7-6-10-23(26)32-17-20-8-4-3-5-9-20/h3-5,8-9,11-14,16,19,23H,6-7,10,15,17-18,27H2,1-2H3.